The van der Waals surface area contributed by atoms with Gasteiger partial charge in [0.05, 0.1) is 6.54 Å². The van der Waals surface area contributed by atoms with E-state index < -0.39 is 18.0 Å². The zero-order chi connectivity index (χ0) is 15.5. The molecule has 1 aromatic carbocycles. The summed E-state index contributed by atoms with van der Waals surface area (Å²) in [5.74, 6) is 0.594. The molecular weight excluding hydrogens is 285 g/mol. The largest absolute Gasteiger partial charge is 0.491 e. The van der Waals surface area contributed by atoms with Crippen LogP contribution in [-0.2, 0) is 12.7 Å². The third-order valence-electron chi connectivity index (χ3n) is 2.79. The van der Waals surface area contributed by atoms with Crippen molar-refractivity contribution in [1.82, 2.24) is 9.78 Å². The van der Waals surface area contributed by atoms with Crippen LogP contribution in [0.2, 0.25) is 0 Å². The highest BCUT2D eigenvalue weighted by atomic mass is 19.4. The van der Waals surface area contributed by atoms with Crippen LogP contribution >= 0.6 is 0 Å². The molecule has 0 saturated carbocycles. The van der Waals surface area contributed by atoms with Crippen LogP contribution < -0.4 is 4.74 Å². The molecule has 1 atom stereocenters. The van der Waals surface area contributed by atoms with Crippen molar-refractivity contribution >= 4 is 0 Å². The molecule has 0 fully saturated rings. The van der Waals surface area contributed by atoms with E-state index >= 15 is 0 Å². The molecule has 0 saturated heterocycles. The Labute approximate surface area is 119 Å². The van der Waals surface area contributed by atoms with Crippen molar-refractivity contribution in [2.45, 2.75) is 25.7 Å². The average molecular weight is 300 g/mol. The zero-order valence-corrected chi connectivity index (χ0v) is 11.3. The number of halogens is 3. The SMILES string of the molecule is Cc1ccc(OCC(O)Cn2ccc(C(F)(F)F)n2)cc1. The predicted molar refractivity (Wildman–Crippen MR) is 69.9 cm³/mol. The number of benzene rings is 1. The molecule has 0 amide bonds. The van der Waals surface area contributed by atoms with E-state index in [9.17, 15) is 18.3 Å². The van der Waals surface area contributed by atoms with E-state index in [0.29, 0.717) is 5.75 Å². The van der Waals surface area contributed by atoms with Gasteiger partial charge < -0.3 is 9.84 Å². The molecule has 7 heteroatoms. The molecule has 0 aliphatic heterocycles. The van der Waals surface area contributed by atoms with Gasteiger partial charge in [-0.2, -0.15) is 18.3 Å². The molecule has 0 aliphatic carbocycles. The number of aryl methyl sites for hydroxylation is 1. The lowest BCUT2D eigenvalue weighted by Gasteiger charge is -2.12. The Bertz CT molecular complexity index is 579. The van der Waals surface area contributed by atoms with Crippen LogP contribution in [0.3, 0.4) is 0 Å². The lowest BCUT2D eigenvalue weighted by atomic mass is 10.2. The fraction of sp³-hybridized carbons (Fsp3) is 0.357. The summed E-state index contributed by atoms with van der Waals surface area (Å²) in [6, 6.07) is 8.12. The Hall–Kier alpha value is -2.02. The lowest BCUT2D eigenvalue weighted by Crippen LogP contribution is -2.24. The Balaban J connectivity index is 1.85. The molecule has 1 unspecified atom stereocenters. The van der Waals surface area contributed by atoms with Crippen LogP contribution in [0.1, 0.15) is 11.3 Å². The number of nitrogens with zero attached hydrogens (tertiary/aromatic N) is 2. The number of alkyl halides is 3. The molecule has 0 aliphatic rings. The molecule has 21 heavy (non-hydrogen) atoms. The highest BCUT2D eigenvalue weighted by Crippen LogP contribution is 2.27. The first-order valence-electron chi connectivity index (χ1n) is 6.33. The molecular formula is C14H15F3N2O2. The quantitative estimate of drug-likeness (QED) is 0.923. The van der Waals surface area contributed by atoms with Gasteiger partial charge in [-0.05, 0) is 25.1 Å². The second-order valence-corrected chi connectivity index (χ2v) is 4.70. The van der Waals surface area contributed by atoms with Crippen molar-refractivity contribution in [1.29, 1.82) is 0 Å². The second-order valence-electron chi connectivity index (χ2n) is 4.70. The Morgan fingerprint density at radius 1 is 1.24 bits per heavy atom. The number of rotatable bonds is 5. The van der Waals surface area contributed by atoms with Gasteiger partial charge in [-0.15, -0.1) is 0 Å². The van der Waals surface area contributed by atoms with Gasteiger partial charge in [0, 0.05) is 6.20 Å². The summed E-state index contributed by atoms with van der Waals surface area (Å²) in [5.41, 5.74) is 0.105. The fourth-order valence-electron chi connectivity index (χ4n) is 1.71. The molecule has 2 rings (SSSR count). The molecule has 114 valence electrons. The van der Waals surface area contributed by atoms with Crippen LogP contribution in [0, 0.1) is 6.92 Å². The van der Waals surface area contributed by atoms with Gasteiger partial charge in [0.1, 0.15) is 18.5 Å². The third kappa shape index (κ3) is 4.49. The first kappa shape index (κ1) is 15.4. The summed E-state index contributed by atoms with van der Waals surface area (Å²) in [4.78, 5) is 0. The van der Waals surface area contributed by atoms with Gasteiger partial charge in [-0.3, -0.25) is 4.68 Å². The Kier molecular flexibility index (Phi) is 4.52. The van der Waals surface area contributed by atoms with Crippen molar-refractivity contribution in [2.24, 2.45) is 0 Å². The number of aliphatic hydroxyl groups excluding tert-OH is 1. The number of hydrogen-bond acceptors (Lipinski definition) is 3. The van der Waals surface area contributed by atoms with E-state index in [-0.39, 0.29) is 13.2 Å². The van der Waals surface area contributed by atoms with Gasteiger partial charge in [0.2, 0.25) is 0 Å². The van der Waals surface area contributed by atoms with Crippen molar-refractivity contribution < 1.29 is 23.0 Å². The van der Waals surface area contributed by atoms with Crippen molar-refractivity contribution in [3.8, 4) is 5.75 Å². The van der Waals surface area contributed by atoms with Gasteiger partial charge in [-0.25, -0.2) is 0 Å². The van der Waals surface area contributed by atoms with E-state index in [1.54, 1.807) is 12.1 Å². The number of hydrogen-bond donors (Lipinski definition) is 1. The minimum Gasteiger partial charge on any atom is -0.491 e. The summed E-state index contributed by atoms with van der Waals surface area (Å²) < 4.78 is 43.5. The van der Waals surface area contributed by atoms with E-state index in [2.05, 4.69) is 5.10 Å². The van der Waals surface area contributed by atoms with Crippen molar-refractivity contribution in [3.63, 3.8) is 0 Å². The van der Waals surface area contributed by atoms with Crippen LogP contribution in [-0.4, -0.2) is 27.6 Å². The second kappa shape index (κ2) is 6.17. The lowest BCUT2D eigenvalue weighted by molar-refractivity contribution is -0.141. The maximum Gasteiger partial charge on any atom is 0.435 e. The van der Waals surface area contributed by atoms with Gasteiger partial charge in [-0.1, -0.05) is 17.7 Å². The summed E-state index contributed by atoms with van der Waals surface area (Å²) in [5, 5.41) is 13.1. The molecule has 0 bridgehead atoms. The standard InChI is InChI=1S/C14H15F3N2O2/c1-10-2-4-12(5-3-10)21-9-11(20)8-19-7-6-13(18-19)14(15,16)17/h2-7,11,20H,8-9H2,1H3. The van der Waals surface area contributed by atoms with Crippen molar-refractivity contribution in [2.75, 3.05) is 6.61 Å². The minimum atomic E-state index is -4.48. The monoisotopic (exact) mass is 300 g/mol. The number of aromatic nitrogens is 2. The van der Waals surface area contributed by atoms with Crippen LogP contribution in [0.5, 0.6) is 5.75 Å². The average Bonchev–Trinajstić information content (AvgIpc) is 2.86. The highest BCUT2D eigenvalue weighted by molar-refractivity contribution is 5.26. The van der Waals surface area contributed by atoms with E-state index in [1.165, 1.54) is 6.20 Å². The number of ether oxygens (including phenoxy) is 1. The maximum absolute atomic E-state index is 12.4. The summed E-state index contributed by atoms with van der Waals surface area (Å²) >= 11 is 0. The van der Waals surface area contributed by atoms with Crippen LogP contribution in [0.4, 0.5) is 13.2 Å². The minimum absolute atomic E-state index is 0.0235. The maximum atomic E-state index is 12.4. The van der Waals surface area contributed by atoms with E-state index in [4.69, 9.17) is 4.74 Å². The van der Waals surface area contributed by atoms with Gasteiger partial charge in [0.15, 0.2) is 5.69 Å². The Morgan fingerprint density at radius 2 is 1.90 bits per heavy atom. The molecule has 0 spiro atoms. The highest BCUT2D eigenvalue weighted by Gasteiger charge is 2.33. The smallest absolute Gasteiger partial charge is 0.435 e. The van der Waals surface area contributed by atoms with E-state index in [1.807, 2.05) is 19.1 Å². The molecule has 1 aromatic heterocycles. The molecule has 0 radical (unpaired) electrons. The normalized spacial score (nSPS) is 13.2. The third-order valence-corrected chi connectivity index (χ3v) is 2.79. The first-order valence-corrected chi connectivity index (χ1v) is 6.33. The van der Waals surface area contributed by atoms with Crippen LogP contribution in [0.15, 0.2) is 36.5 Å². The van der Waals surface area contributed by atoms with Gasteiger partial charge >= 0.3 is 6.18 Å². The first-order chi connectivity index (χ1) is 9.84. The number of aliphatic hydroxyl groups is 1. The molecule has 4 nitrogen and oxygen atoms in total. The predicted octanol–water partition coefficient (Wildman–Crippen LogP) is 2.65. The fourth-order valence-corrected chi connectivity index (χ4v) is 1.71. The summed E-state index contributed by atoms with van der Waals surface area (Å²) in [6.07, 6.45) is -4.25. The summed E-state index contributed by atoms with van der Waals surface area (Å²) in [7, 11) is 0. The zero-order valence-electron chi connectivity index (χ0n) is 11.3. The topological polar surface area (TPSA) is 47.3 Å². The summed E-state index contributed by atoms with van der Waals surface area (Å²) in [6.45, 7) is 1.85. The molecule has 2 aromatic rings. The molecule has 1 N–H and O–H groups in total. The van der Waals surface area contributed by atoms with Crippen LogP contribution in [0.25, 0.3) is 0 Å². The van der Waals surface area contributed by atoms with Gasteiger partial charge in [0.25, 0.3) is 0 Å². The molecule has 1 heterocycles. The Morgan fingerprint density at radius 3 is 2.48 bits per heavy atom. The van der Waals surface area contributed by atoms with Crippen molar-refractivity contribution in [3.05, 3.63) is 47.8 Å². The van der Waals surface area contributed by atoms with E-state index in [0.717, 1.165) is 16.3 Å².